The van der Waals surface area contributed by atoms with E-state index in [0.29, 0.717) is 28.6 Å². The Morgan fingerprint density at radius 1 is 0.975 bits per heavy atom. The van der Waals surface area contributed by atoms with E-state index in [1.54, 1.807) is 0 Å². The van der Waals surface area contributed by atoms with Gasteiger partial charge in [0.1, 0.15) is 6.10 Å². The van der Waals surface area contributed by atoms with Crippen LogP contribution in [0.3, 0.4) is 0 Å². The van der Waals surface area contributed by atoms with Gasteiger partial charge in [-0.25, -0.2) is 0 Å². The van der Waals surface area contributed by atoms with Gasteiger partial charge in [-0.2, -0.15) is 0 Å². The van der Waals surface area contributed by atoms with Gasteiger partial charge in [-0.3, -0.25) is 0 Å². The fraction of sp³-hybridized carbons (Fsp3) is 0.943. The molecule has 0 bridgehead atoms. The van der Waals surface area contributed by atoms with Crippen molar-refractivity contribution in [1.82, 2.24) is 0 Å². The molecule has 40 heavy (non-hydrogen) atoms. The smallest absolute Gasteiger partial charge is 0.186 e. The van der Waals surface area contributed by atoms with Gasteiger partial charge in [-0.15, -0.1) is 0 Å². The summed E-state index contributed by atoms with van der Waals surface area (Å²) in [6.07, 6.45) is 11.0. The molecule has 4 fully saturated rings. The maximum atomic E-state index is 10.6. The standard InChI is InChI=1S/C35H60O5/c1-20(2)21(3)8-9-22(4)26-12-13-28-25-10-11-27-23(5)31(40-33-32(38)30(37)18-24(19-36)39-33)15-17-35(27,7)29(25)14-16-34(26,28)6/h10,20-24,26-33,36-38H,8-9,11-19H2,1-7H3. The average molecular weight is 561 g/mol. The van der Waals surface area contributed by atoms with Crippen molar-refractivity contribution in [2.75, 3.05) is 6.61 Å². The van der Waals surface area contributed by atoms with Crippen LogP contribution in [0.15, 0.2) is 11.6 Å². The maximum absolute atomic E-state index is 10.6. The van der Waals surface area contributed by atoms with Gasteiger partial charge in [0.2, 0.25) is 0 Å². The quantitative estimate of drug-likeness (QED) is 0.287. The zero-order valence-corrected chi connectivity index (χ0v) is 26.5. The van der Waals surface area contributed by atoms with Crippen LogP contribution in [0.25, 0.3) is 0 Å². The summed E-state index contributed by atoms with van der Waals surface area (Å²) in [6, 6.07) is 0. The Morgan fingerprint density at radius 3 is 2.38 bits per heavy atom. The molecule has 0 aromatic heterocycles. The minimum atomic E-state index is -1.07. The van der Waals surface area contributed by atoms with E-state index in [4.69, 9.17) is 9.47 Å². The number of aliphatic hydroxyl groups excluding tert-OH is 3. The Labute approximate surface area is 244 Å². The Morgan fingerprint density at radius 2 is 1.68 bits per heavy atom. The zero-order chi connectivity index (χ0) is 29.0. The molecular weight excluding hydrogens is 500 g/mol. The van der Waals surface area contributed by atoms with Gasteiger partial charge in [-0.05, 0) is 103 Å². The van der Waals surface area contributed by atoms with E-state index in [1.165, 1.54) is 38.5 Å². The molecule has 4 aliphatic carbocycles. The Hall–Kier alpha value is -0.460. The van der Waals surface area contributed by atoms with Gasteiger partial charge in [0.05, 0.1) is 24.9 Å². The van der Waals surface area contributed by atoms with Gasteiger partial charge < -0.3 is 24.8 Å². The minimum Gasteiger partial charge on any atom is -0.394 e. The van der Waals surface area contributed by atoms with Crippen molar-refractivity contribution in [2.45, 2.75) is 143 Å². The van der Waals surface area contributed by atoms with E-state index in [9.17, 15) is 15.3 Å². The van der Waals surface area contributed by atoms with Crippen LogP contribution in [0.2, 0.25) is 0 Å². The molecule has 3 N–H and O–H groups in total. The van der Waals surface area contributed by atoms with Crippen molar-refractivity contribution in [3.63, 3.8) is 0 Å². The van der Waals surface area contributed by atoms with E-state index in [-0.39, 0.29) is 19.1 Å². The van der Waals surface area contributed by atoms with Crippen molar-refractivity contribution >= 4 is 0 Å². The summed E-state index contributed by atoms with van der Waals surface area (Å²) in [7, 11) is 0. The van der Waals surface area contributed by atoms with Crippen LogP contribution < -0.4 is 0 Å². The SMILES string of the molecule is CC(C)C(C)CCC(C)C1CCC2C3=CCC4C(C)C(OC5OC(CO)CC(O)C5O)CCC4(C)C3CCC21C. The summed E-state index contributed by atoms with van der Waals surface area (Å²) in [5.41, 5.74) is 2.56. The topological polar surface area (TPSA) is 79.2 Å². The minimum absolute atomic E-state index is 0.00360. The summed E-state index contributed by atoms with van der Waals surface area (Å²) in [5, 5.41) is 30.5. The second-order valence-corrected chi connectivity index (χ2v) is 15.8. The highest BCUT2D eigenvalue weighted by Gasteiger charge is 2.59. The molecule has 3 saturated carbocycles. The number of allylic oxidation sites excluding steroid dienone is 2. The Balaban J connectivity index is 1.27. The van der Waals surface area contributed by atoms with E-state index >= 15 is 0 Å². The highest BCUT2D eigenvalue weighted by atomic mass is 16.7. The van der Waals surface area contributed by atoms with Gasteiger partial charge in [0, 0.05) is 6.42 Å². The lowest BCUT2D eigenvalue weighted by atomic mass is 9.46. The lowest BCUT2D eigenvalue weighted by molar-refractivity contribution is -0.296. The van der Waals surface area contributed by atoms with Crippen molar-refractivity contribution in [3.8, 4) is 0 Å². The molecular formula is C35H60O5. The fourth-order valence-corrected chi connectivity index (χ4v) is 10.5. The molecule has 5 heteroatoms. The largest absolute Gasteiger partial charge is 0.394 e. The third-order valence-corrected chi connectivity index (χ3v) is 13.5. The van der Waals surface area contributed by atoms with Crippen LogP contribution in [0, 0.1) is 58.2 Å². The first-order valence-corrected chi connectivity index (χ1v) is 16.9. The van der Waals surface area contributed by atoms with Crippen LogP contribution in [0.5, 0.6) is 0 Å². The highest BCUT2D eigenvalue weighted by Crippen LogP contribution is 2.67. The molecule has 0 spiro atoms. The number of rotatable bonds is 8. The molecule has 5 aliphatic rings. The first-order chi connectivity index (χ1) is 18.9. The van der Waals surface area contributed by atoms with Crippen LogP contribution in [0.4, 0.5) is 0 Å². The summed E-state index contributed by atoms with van der Waals surface area (Å²) in [5.74, 6) is 5.61. The van der Waals surface area contributed by atoms with Crippen molar-refractivity contribution in [3.05, 3.63) is 11.6 Å². The molecule has 1 saturated heterocycles. The molecule has 5 nitrogen and oxygen atoms in total. The fourth-order valence-electron chi connectivity index (χ4n) is 10.5. The lowest BCUT2D eigenvalue weighted by Gasteiger charge is -2.60. The molecule has 5 rings (SSSR count). The van der Waals surface area contributed by atoms with Crippen molar-refractivity contribution in [2.24, 2.45) is 58.2 Å². The van der Waals surface area contributed by atoms with Crippen molar-refractivity contribution in [1.29, 1.82) is 0 Å². The van der Waals surface area contributed by atoms with E-state index in [1.807, 2.05) is 5.57 Å². The Bertz CT molecular complexity index is 902. The van der Waals surface area contributed by atoms with Gasteiger partial charge in [0.25, 0.3) is 0 Å². The van der Waals surface area contributed by atoms with Crippen LogP contribution in [-0.4, -0.2) is 52.6 Å². The third kappa shape index (κ3) is 5.38. The molecule has 1 aliphatic heterocycles. The van der Waals surface area contributed by atoms with Crippen LogP contribution >= 0.6 is 0 Å². The molecule has 0 aromatic carbocycles. The normalized spacial score (nSPS) is 48.6. The van der Waals surface area contributed by atoms with Crippen LogP contribution in [0.1, 0.15) is 113 Å². The maximum Gasteiger partial charge on any atom is 0.186 e. The number of aliphatic hydroxyl groups is 3. The van der Waals surface area contributed by atoms with Crippen LogP contribution in [-0.2, 0) is 9.47 Å². The number of hydrogen-bond donors (Lipinski definition) is 3. The predicted octanol–water partition coefficient (Wildman–Crippen LogP) is 6.73. The Kier molecular flexibility index (Phi) is 9.22. The second-order valence-electron chi connectivity index (χ2n) is 15.8. The summed E-state index contributed by atoms with van der Waals surface area (Å²) < 4.78 is 12.3. The number of ether oxygens (including phenoxy) is 2. The highest BCUT2D eigenvalue weighted by molar-refractivity contribution is 5.28. The van der Waals surface area contributed by atoms with E-state index < -0.39 is 24.6 Å². The van der Waals surface area contributed by atoms with Gasteiger partial charge in [0.15, 0.2) is 6.29 Å². The van der Waals surface area contributed by atoms with E-state index in [0.717, 1.165) is 48.9 Å². The monoisotopic (exact) mass is 560 g/mol. The molecule has 14 atom stereocenters. The molecule has 1 heterocycles. The predicted molar refractivity (Wildman–Crippen MR) is 159 cm³/mol. The number of fused-ring (bicyclic) bond motifs is 5. The second kappa shape index (κ2) is 11.9. The summed E-state index contributed by atoms with van der Waals surface area (Å²) in [6.45, 7) is 17.1. The molecule has 0 aromatic rings. The first-order valence-electron chi connectivity index (χ1n) is 16.9. The average Bonchev–Trinajstić information content (AvgIpc) is 3.28. The summed E-state index contributed by atoms with van der Waals surface area (Å²) >= 11 is 0. The molecule has 230 valence electrons. The third-order valence-electron chi connectivity index (χ3n) is 13.5. The van der Waals surface area contributed by atoms with E-state index in [2.05, 4.69) is 54.5 Å². The van der Waals surface area contributed by atoms with Crippen molar-refractivity contribution < 1.29 is 24.8 Å². The van der Waals surface area contributed by atoms with Gasteiger partial charge >= 0.3 is 0 Å². The summed E-state index contributed by atoms with van der Waals surface area (Å²) in [4.78, 5) is 0. The molecule has 14 unspecified atom stereocenters. The zero-order valence-electron chi connectivity index (χ0n) is 26.5. The lowest BCUT2D eigenvalue weighted by Crippen LogP contribution is -2.56. The number of hydrogen-bond acceptors (Lipinski definition) is 5. The van der Waals surface area contributed by atoms with Gasteiger partial charge in [-0.1, -0.05) is 73.0 Å². The molecule has 0 radical (unpaired) electrons. The molecule has 0 amide bonds. The first kappa shape index (κ1) is 31.0.